The first kappa shape index (κ1) is 17.4. The molecule has 1 aliphatic rings. The van der Waals surface area contributed by atoms with Crippen molar-refractivity contribution < 1.29 is 9.18 Å². The summed E-state index contributed by atoms with van der Waals surface area (Å²) in [5, 5.41) is 2.93. The minimum Gasteiger partial charge on any atom is -0.369 e. The monoisotopic (exact) mass is 345 g/mol. The molecular formula is C18H24FN5O. The smallest absolute Gasteiger partial charge is 0.287 e. The average molecular weight is 345 g/mol. The van der Waals surface area contributed by atoms with E-state index < -0.39 is 0 Å². The maximum atomic E-state index is 13.9. The molecule has 1 aromatic heterocycles. The van der Waals surface area contributed by atoms with Gasteiger partial charge >= 0.3 is 0 Å². The summed E-state index contributed by atoms with van der Waals surface area (Å²) in [5.74, 6) is -0.232. The maximum absolute atomic E-state index is 13.9. The molecule has 0 radical (unpaired) electrons. The van der Waals surface area contributed by atoms with Crippen LogP contribution >= 0.6 is 0 Å². The molecule has 0 spiro atoms. The first-order chi connectivity index (χ1) is 12.0. The molecular weight excluding hydrogens is 321 g/mol. The average Bonchev–Trinajstić information content (AvgIpc) is 3.02. The van der Waals surface area contributed by atoms with Crippen molar-refractivity contribution in [1.82, 2.24) is 19.8 Å². The van der Waals surface area contributed by atoms with Crippen molar-refractivity contribution in [3.8, 4) is 0 Å². The van der Waals surface area contributed by atoms with Crippen molar-refractivity contribution in [2.45, 2.75) is 13.0 Å². The molecule has 0 unspecified atom stereocenters. The van der Waals surface area contributed by atoms with E-state index in [1.807, 2.05) is 6.92 Å². The van der Waals surface area contributed by atoms with Crippen LogP contribution in [-0.4, -0.2) is 53.6 Å². The lowest BCUT2D eigenvalue weighted by molar-refractivity contribution is 0.0926. The number of carbonyl (C=O) groups excluding carboxylic acids is 1. The SMILES string of the molecule is C[C@H](NC(=O)c1nccn1C)c1cc(F)ccc1N1CCN(C)CC1. The lowest BCUT2D eigenvalue weighted by Gasteiger charge is -2.36. The van der Waals surface area contributed by atoms with Gasteiger partial charge in [0, 0.05) is 56.9 Å². The van der Waals surface area contributed by atoms with E-state index in [-0.39, 0.29) is 17.8 Å². The zero-order valence-corrected chi connectivity index (χ0v) is 14.9. The number of nitrogens with one attached hydrogen (secondary N) is 1. The van der Waals surface area contributed by atoms with Gasteiger partial charge < -0.3 is 19.7 Å². The van der Waals surface area contributed by atoms with Crippen LogP contribution in [-0.2, 0) is 7.05 Å². The second-order valence-corrected chi connectivity index (χ2v) is 6.55. The van der Waals surface area contributed by atoms with Crippen LogP contribution < -0.4 is 10.2 Å². The van der Waals surface area contributed by atoms with Gasteiger partial charge in [0.25, 0.3) is 5.91 Å². The molecule has 0 saturated carbocycles. The molecule has 25 heavy (non-hydrogen) atoms. The number of anilines is 1. The van der Waals surface area contributed by atoms with Crippen molar-refractivity contribution >= 4 is 11.6 Å². The second-order valence-electron chi connectivity index (χ2n) is 6.55. The molecule has 1 aliphatic heterocycles. The predicted molar refractivity (Wildman–Crippen MR) is 95.2 cm³/mol. The van der Waals surface area contributed by atoms with E-state index in [1.165, 1.54) is 12.1 Å². The number of hydrogen-bond donors (Lipinski definition) is 1. The number of piperazine rings is 1. The van der Waals surface area contributed by atoms with Crippen molar-refractivity contribution in [3.05, 3.63) is 47.8 Å². The van der Waals surface area contributed by atoms with E-state index in [9.17, 15) is 9.18 Å². The Morgan fingerprint density at radius 2 is 1.96 bits per heavy atom. The topological polar surface area (TPSA) is 53.4 Å². The molecule has 2 aromatic rings. The number of aromatic nitrogens is 2. The van der Waals surface area contributed by atoms with Crippen LogP contribution in [0.4, 0.5) is 10.1 Å². The Bertz CT molecular complexity index is 752. The summed E-state index contributed by atoms with van der Waals surface area (Å²) in [6.45, 7) is 5.56. The van der Waals surface area contributed by atoms with Crippen LogP contribution in [0.5, 0.6) is 0 Å². The summed E-state index contributed by atoms with van der Waals surface area (Å²) in [7, 11) is 3.86. The van der Waals surface area contributed by atoms with Gasteiger partial charge in [-0.2, -0.15) is 0 Å². The van der Waals surface area contributed by atoms with E-state index in [0.717, 1.165) is 37.4 Å². The molecule has 0 aliphatic carbocycles. The molecule has 134 valence electrons. The van der Waals surface area contributed by atoms with Crippen molar-refractivity contribution in [2.24, 2.45) is 7.05 Å². The van der Waals surface area contributed by atoms with Gasteiger partial charge in [0.15, 0.2) is 5.82 Å². The number of carbonyl (C=O) groups is 1. The molecule has 3 rings (SSSR count). The van der Waals surface area contributed by atoms with E-state index in [2.05, 4.69) is 27.1 Å². The molecule has 1 amide bonds. The van der Waals surface area contributed by atoms with Gasteiger partial charge in [0.05, 0.1) is 6.04 Å². The predicted octanol–water partition coefficient (Wildman–Crippen LogP) is 1.80. The minimum absolute atomic E-state index is 0.270. The highest BCUT2D eigenvalue weighted by atomic mass is 19.1. The van der Waals surface area contributed by atoms with Gasteiger partial charge in [-0.1, -0.05) is 0 Å². The molecule has 1 atom stereocenters. The maximum Gasteiger partial charge on any atom is 0.287 e. The summed E-state index contributed by atoms with van der Waals surface area (Å²) in [4.78, 5) is 21.0. The summed E-state index contributed by atoms with van der Waals surface area (Å²) in [5.41, 5.74) is 1.76. The first-order valence-corrected chi connectivity index (χ1v) is 8.47. The summed E-state index contributed by atoms with van der Waals surface area (Å²) >= 11 is 0. The standard InChI is InChI=1S/C18H24FN5O/c1-13(21-18(25)17-20-6-7-23(17)3)15-12-14(19)4-5-16(15)24-10-8-22(2)9-11-24/h4-7,12-13H,8-11H2,1-3H3,(H,21,25)/t13-/m0/s1. The Hall–Kier alpha value is -2.41. The fourth-order valence-electron chi connectivity index (χ4n) is 3.13. The number of benzene rings is 1. The van der Waals surface area contributed by atoms with Crippen molar-refractivity contribution in [1.29, 1.82) is 0 Å². The minimum atomic E-state index is -0.324. The summed E-state index contributed by atoms with van der Waals surface area (Å²) < 4.78 is 15.5. The highest BCUT2D eigenvalue weighted by molar-refractivity contribution is 5.91. The van der Waals surface area contributed by atoms with Gasteiger partial charge in [0.2, 0.25) is 0 Å². The number of halogens is 1. The van der Waals surface area contributed by atoms with Crippen LogP contribution in [0.25, 0.3) is 0 Å². The number of likely N-dealkylation sites (N-methyl/N-ethyl adjacent to an activating group) is 1. The van der Waals surface area contributed by atoms with Crippen LogP contribution in [0.15, 0.2) is 30.6 Å². The third-order valence-corrected chi connectivity index (χ3v) is 4.67. The molecule has 7 heteroatoms. The van der Waals surface area contributed by atoms with Crippen LogP contribution in [0.3, 0.4) is 0 Å². The molecule has 2 heterocycles. The summed E-state index contributed by atoms with van der Waals surface area (Å²) in [6.07, 6.45) is 3.30. The Morgan fingerprint density at radius 1 is 1.24 bits per heavy atom. The van der Waals surface area contributed by atoms with Crippen molar-refractivity contribution in [2.75, 3.05) is 38.1 Å². The number of rotatable bonds is 4. The first-order valence-electron chi connectivity index (χ1n) is 8.47. The van der Waals surface area contributed by atoms with Gasteiger partial charge in [-0.05, 0) is 32.2 Å². The highest BCUT2D eigenvalue weighted by Gasteiger charge is 2.22. The fraction of sp³-hybridized carbons (Fsp3) is 0.444. The van der Waals surface area contributed by atoms with Gasteiger partial charge in [-0.3, -0.25) is 4.79 Å². The van der Waals surface area contributed by atoms with Gasteiger partial charge in [-0.15, -0.1) is 0 Å². The third kappa shape index (κ3) is 3.82. The van der Waals surface area contributed by atoms with Gasteiger partial charge in [0.1, 0.15) is 5.82 Å². The van der Waals surface area contributed by atoms with Crippen molar-refractivity contribution in [3.63, 3.8) is 0 Å². The number of nitrogens with zero attached hydrogens (tertiary/aromatic N) is 4. The largest absolute Gasteiger partial charge is 0.369 e. The van der Waals surface area contributed by atoms with Gasteiger partial charge in [-0.25, -0.2) is 9.37 Å². The van der Waals surface area contributed by atoms with E-state index in [0.29, 0.717) is 5.82 Å². The number of amides is 1. The Kier molecular flexibility index (Phi) is 5.03. The lowest BCUT2D eigenvalue weighted by atomic mass is 10.0. The fourth-order valence-corrected chi connectivity index (χ4v) is 3.13. The zero-order valence-electron chi connectivity index (χ0n) is 14.9. The Labute approximate surface area is 147 Å². The molecule has 1 N–H and O–H groups in total. The molecule has 1 aromatic carbocycles. The third-order valence-electron chi connectivity index (χ3n) is 4.67. The molecule has 1 saturated heterocycles. The molecule has 1 fully saturated rings. The normalized spacial score (nSPS) is 16.7. The van der Waals surface area contributed by atoms with E-state index >= 15 is 0 Å². The van der Waals surface area contributed by atoms with Crippen LogP contribution in [0.2, 0.25) is 0 Å². The summed E-state index contributed by atoms with van der Waals surface area (Å²) in [6, 6.07) is 4.47. The lowest BCUT2D eigenvalue weighted by Crippen LogP contribution is -2.45. The number of hydrogen-bond acceptors (Lipinski definition) is 4. The van der Waals surface area contributed by atoms with E-state index in [4.69, 9.17) is 0 Å². The van der Waals surface area contributed by atoms with Crippen LogP contribution in [0, 0.1) is 5.82 Å². The molecule has 0 bridgehead atoms. The second kappa shape index (κ2) is 7.23. The number of aryl methyl sites for hydroxylation is 1. The molecule has 6 nitrogen and oxygen atoms in total. The zero-order chi connectivity index (χ0) is 18.0. The number of imidazole rings is 1. The van der Waals surface area contributed by atoms with Crippen LogP contribution in [0.1, 0.15) is 29.1 Å². The highest BCUT2D eigenvalue weighted by Crippen LogP contribution is 2.28. The quantitative estimate of drug-likeness (QED) is 0.918. The Morgan fingerprint density at radius 3 is 2.60 bits per heavy atom. The Balaban J connectivity index is 1.81. The van der Waals surface area contributed by atoms with E-state index in [1.54, 1.807) is 30.1 Å².